The number of nitrogens with two attached hydrogens (primary N) is 2. The molecule has 2 aliphatic rings. The molecule has 2 fully saturated rings. The van der Waals surface area contributed by atoms with Crippen LogP contribution >= 0.6 is 23.1 Å². The lowest BCUT2D eigenvalue weighted by Crippen LogP contribution is -2.15. The molecule has 312 valence electrons. The summed E-state index contributed by atoms with van der Waals surface area (Å²) in [5.74, 6) is 1.95. The minimum atomic E-state index is -0.0524. The maximum atomic E-state index is 12.7. The summed E-state index contributed by atoms with van der Waals surface area (Å²) in [5, 5.41) is 31.6. The number of aliphatic hydroxyl groups is 2. The molecule has 8 aromatic rings. The van der Waals surface area contributed by atoms with Crippen molar-refractivity contribution in [1.82, 2.24) is 38.7 Å². The molecule has 0 saturated heterocycles. The number of hydrogen-bond acceptors (Lipinski definition) is 16. The molecule has 8 heterocycles. The molecule has 0 aliphatic heterocycles. The molecule has 0 aromatic carbocycles. The third kappa shape index (κ3) is 8.66. The molecule has 2 amide bonds. The van der Waals surface area contributed by atoms with Gasteiger partial charge in [0.25, 0.3) is 0 Å². The zero-order valence-electron chi connectivity index (χ0n) is 33.0. The van der Waals surface area contributed by atoms with Crippen molar-refractivity contribution in [2.24, 2.45) is 11.8 Å². The van der Waals surface area contributed by atoms with Gasteiger partial charge in [-0.1, -0.05) is 0 Å². The van der Waals surface area contributed by atoms with E-state index in [0.29, 0.717) is 58.3 Å². The van der Waals surface area contributed by atoms with Crippen LogP contribution in [0.25, 0.3) is 44.1 Å². The van der Waals surface area contributed by atoms with E-state index in [1.807, 2.05) is 47.4 Å². The highest BCUT2D eigenvalue weighted by atomic mass is 32.1. The van der Waals surface area contributed by atoms with Gasteiger partial charge in [0.2, 0.25) is 11.8 Å². The summed E-state index contributed by atoms with van der Waals surface area (Å²) in [7, 11) is 0. The van der Waals surface area contributed by atoms with Crippen molar-refractivity contribution in [3.8, 4) is 22.5 Å². The first kappa shape index (κ1) is 40.5. The van der Waals surface area contributed by atoms with Crippen LogP contribution in [0.2, 0.25) is 0 Å². The Labute approximate surface area is 362 Å². The summed E-state index contributed by atoms with van der Waals surface area (Å²) in [6, 6.07) is 11.1. The monoisotopic (exact) mass is 864 g/mol. The average molecular weight is 865 g/mol. The van der Waals surface area contributed by atoms with Gasteiger partial charge in [0.15, 0.2) is 0 Å². The predicted octanol–water partition coefficient (Wildman–Crippen LogP) is 6.02. The molecule has 8 aromatic heterocycles. The van der Waals surface area contributed by atoms with Crippen LogP contribution in [-0.2, 0) is 22.4 Å². The molecular weight excluding hydrogens is 825 g/mol. The number of carbonyl (C=O) groups excluding carboxylic acids is 2. The van der Waals surface area contributed by atoms with E-state index in [2.05, 4.69) is 49.3 Å². The number of rotatable bonds is 12. The van der Waals surface area contributed by atoms with Gasteiger partial charge >= 0.3 is 0 Å². The van der Waals surface area contributed by atoms with Gasteiger partial charge in [-0.15, -0.1) is 0 Å². The summed E-state index contributed by atoms with van der Waals surface area (Å²) < 4.78 is 8.23. The van der Waals surface area contributed by atoms with Crippen molar-refractivity contribution in [3.05, 3.63) is 119 Å². The number of amides is 2. The molecule has 0 unspecified atom stereocenters. The highest BCUT2D eigenvalue weighted by Crippen LogP contribution is 2.49. The van der Waals surface area contributed by atoms with Crippen LogP contribution in [0.3, 0.4) is 0 Å². The minimum absolute atomic E-state index is 0.0315. The van der Waals surface area contributed by atoms with Gasteiger partial charge in [0.1, 0.15) is 23.3 Å². The number of anilines is 4. The van der Waals surface area contributed by atoms with Crippen molar-refractivity contribution >= 4 is 79.7 Å². The van der Waals surface area contributed by atoms with Gasteiger partial charge in [-0.3, -0.25) is 19.6 Å². The van der Waals surface area contributed by atoms with Crippen molar-refractivity contribution in [2.75, 3.05) is 35.3 Å². The Morgan fingerprint density at radius 1 is 0.645 bits per heavy atom. The van der Waals surface area contributed by atoms with Crippen LogP contribution in [-0.4, -0.2) is 73.9 Å². The van der Waals surface area contributed by atoms with E-state index < -0.39 is 0 Å². The number of nitrogen functional groups attached to an aromatic ring is 2. The van der Waals surface area contributed by atoms with Crippen molar-refractivity contribution in [1.29, 1.82) is 0 Å². The largest absolute Gasteiger partial charge is 0.396 e. The van der Waals surface area contributed by atoms with E-state index in [0.717, 1.165) is 57.0 Å². The van der Waals surface area contributed by atoms with E-state index in [1.54, 1.807) is 49.3 Å². The molecule has 2 aliphatic carbocycles. The van der Waals surface area contributed by atoms with E-state index in [4.69, 9.17) is 11.5 Å². The lowest BCUT2D eigenvalue weighted by molar-refractivity contribution is -0.118. The van der Waals surface area contributed by atoms with E-state index in [-0.39, 0.29) is 48.7 Å². The van der Waals surface area contributed by atoms with E-state index in [1.165, 1.54) is 23.1 Å². The summed E-state index contributed by atoms with van der Waals surface area (Å²) in [6.07, 6.45) is 16.4. The summed E-state index contributed by atoms with van der Waals surface area (Å²) >= 11 is 2.80. The lowest BCUT2D eigenvalue weighted by atomic mass is 10.0. The zero-order chi connectivity index (χ0) is 42.7. The first-order valence-corrected chi connectivity index (χ1v) is 21.6. The Kier molecular flexibility index (Phi) is 11.5. The topological polar surface area (TPSA) is 254 Å². The van der Waals surface area contributed by atoms with Crippen LogP contribution in [0.4, 0.5) is 23.3 Å². The van der Waals surface area contributed by atoms with Crippen molar-refractivity contribution in [2.45, 2.75) is 37.5 Å². The number of nitrogens with one attached hydrogen (secondary N) is 2. The third-order valence-corrected chi connectivity index (χ3v) is 12.4. The fourth-order valence-electron chi connectivity index (χ4n) is 7.68. The molecule has 18 heteroatoms. The van der Waals surface area contributed by atoms with Gasteiger partial charge in [-0.05, 0) is 130 Å². The van der Waals surface area contributed by atoms with Gasteiger partial charge in [-0.25, -0.2) is 28.7 Å². The summed E-state index contributed by atoms with van der Waals surface area (Å²) in [4.78, 5) is 51.4. The van der Waals surface area contributed by atoms with E-state index in [9.17, 15) is 19.8 Å². The number of aliphatic hydroxyl groups excluding tert-OH is 2. The third-order valence-electron chi connectivity index (χ3n) is 11.1. The Bertz CT molecular complexity index is 2720. The molecule has 8 N–H and O–H groups in total. The number of fused-ring (bicyclic) bond motifs is 2. The highest BCUT2D eigenvalue weighted by Gasteiger charge is 2.45. The molecular formula is C44H40N12O4S2. The van der Waals surface area contributed by atoms with Crippen LogP contribution in [0.1, 0.15) is 46.9 Å². The van der Waals surface area contributed by atoms with Gasteiger partial charge in [0.05, 0.1) is 11.4 Å². The normalized spacial score (nSPS) is 17.6. The Morgan fingerprint density at radius 2 is 1.10 bits per heavy atom. The van der Waals surface area contributed by atoms with Crippen LogP contribution in [0.5, 0.6) is 0 Å². The highest BCUT2D eigenvalue weighted by molar-refractivity contribution is 7.03. The van der Waals surface area contributed by atoms with Crippen LogP contribution in [0, 0.1) is 11.8 Å². The zero-order valence-corrected chi connectivity index (χ0v) is 34.7. The molecule has 0 bridgehead atoms. The van der Waals surface area contributed by atoms with Crippen LogP contribution in [0.15, 0.2) is 96.7 Å². The Hall–Kier alpha value is -6.86. The number of aromatic nitrogens is 8. The number of pyridine rings is 6. The smallest absolute Gasteiger partial charge is 0.229 e. The maximum absolute atomic E-state index is 12.7. The van der Waals surface area contributed by atoms with Crippen LogP contribution < -0.4 is 22.1 Å². The van der Waals surface area contributed by atoms with Crippen molar-refractivity contribution < 1.29 is 19.8 Å². The first-order valence-electron chi connectivity index (χ1n) is 19.9. The fraction of sp³-hybridized carbons (Fsp3) is 0.227. The second kappa shape index (κ2) is 17.6. The quantitative estimate of drug-likeness (QED) is 0.0822. The average Bonchev–Trinajstić information content (AvgIpc) is 4.12. The van der Waals surface area contributed by atoms with Gasteiger partial charge < -0.3 is 32.3 Å². The summed E-state index contributed by atoms with van der Waals surface area (Å²) in [5.41, 5.74) is 19.5. The molecule has 10 rings (SSSR count). The number of hydrogen-bond donors (Lipinski definition) is 6. The predicted molar refractivity (Wildman–Crippen MR) is 239 cm³/mol. The number of nitrogens with zero attached hydrogens (tertiary/aromatic N) is 8. The molecule has 16 nitrogen and oxygen atoms in total. The molecule has 0 radical (unpaired) electrons. The standard InChI is InChI=1S/2C22H20N6O2S/c2*23-21-18-10-25-20(28-22(30)16-7-15(16)14-8-26-31-11-14)6-13(18)5-19(27-21)17-9-24-3-1-12(17)2-4-29/h2*1,3,5-6,8-11,15-16,29H,2,4,7H2,(H2,23,27)(H,25,28,30)/t2*15-,16+/m10/s1. The molecule has 0 spiro atoms. The Balaban J connectivity index is 0.000000158. The second-order valence-corrected chi connectivity index (χ2v) is 16.5. The molecule has 2 saturated carbocycles. The SMILES string of the molecule is Nc1nc(-c2cnccc2CCO)cc2cc(NC(=O)[C@@H]3C[C@H]3c3cnsc3)ncc12.Nc1nc(-c2cnccc2CCO)cc2cc(NC(=O)[C@H]3C[C@@H]3c3cnsc3)ncc12. The minimum Gasteiger partial charge on any atom is -0.396 e. The first-order chi connectivity index (χ1) is 30.3. The summed E-state index contributed by atoms with van der Waals surface area (Å²) in [6.45, 7) is 0.0631. The molecule has 4 atom stereocenters. The molecule has 62 heavy (non-hydrogen) atoms. The Morgan fingerprint density at radius 3 is 1.50 bits per heavy atom. The van der Waals surface area contributed by atoms with E-state index >= 15 is 0 Å². The maximum Gasteiger partial charge on any atom is 0.229 e. The van der Waals surface area contributed by atoms with Gasteiger partial charge in [-0.2, -0.15) is 0 Å². The number of carbonyl (C=O) groups is 2. The van der Waals surface area contributed by atoms with Gasteiger partial charge in [0, 0.05) is 107 Å². The lowest BCUT2D eigenvalue weighted by Gasteiger charge is -2.11. The van der Waals surface area contributed by atoms with Crippen molar-refractivity contribution in [3.63, 3.8) is 0 Å². The second-order valence-electron chi connectivity index (χ2n) is 15.2. The fourth-order valence-corrected chi connectivity index (χ4v) is 8.88.